The third-order valence-corrected chi connectivity index (χ3v) is 4.63. The molecule has 0 aliphatic rings. The monoisotopic (exact) mass is 379 g/mol. The number of rotatable bonds is 6. The number of hydrogen-bond acceptors (Lipinski definition) is 6. The number of methoxy groups -OCH3 is 1. The quantitative estimate of drug-likeness (QED) is 0.511. The largest absolute Gasteiger partial charge is 0.493 e. The molecule has 1 amide bonds. The summed E-state index contributed by atoms with van der Waals surface area (Å²) in [7, 11) is 1.54. The van der Waals surface area contributed by atoms with Gasteiger partial charge in [0.2, 0.25) is 0 Å². The van der Waals surface area contributed by atoms with Crippen LogP contribution in [0.25, 0.3) is 16.3 Å². The van der Waals surface area contributed by atoms with Crippen LogP contribution in [0.5, 0.6) is 11.5 Å². The summed E-state index contributed by atoms with van der Waals surface area (Å²) >= 11 is 1.36. The van der Waals surface area contributed by atoms with E-state index in [1.54, 1.807) is 18.2 Å². The van der Waals surface area contributed by atoms with E-state index in [1.807, 2.05) is 37.3 Å². The number of benzene rings is 2. The van der Waals surface area contributed by atoms with Gasteiger partial charge in [-0.2, -0.15) is 5.26 Å². The van der Waals surface area contributed by atoms with Crippen LogP contribution < -0.4 is 14.8 Å². The minimum Gasteiger partial charge on any atom is -0.493 e. The second kappa shape index (κ2) is 8.34. The Kier molecular flexibility index (Phi) is 5.69. The molecule has 3 aromatic rings. The molecule has 0 spiro atoms. The van der Waals surface area contributed by atoms with Crippen LogP contribution in [-0.2, 0) is 4.79 Å². The van der Waals surface area contributed by atoms with E-state index in [1.165, 1.54) is 24.5 Å². The lowest BCUT2D eigenvalue weighted by atomic mass is 10.1. The fourth-order valence-corrected chi connectivity index (χ4v) is 3.31. The number of nitrogens with one attached hydrogen (secondary N) is 1. The first kappa shape index (κ1) is 18.4. The summed E-state index contributed by atoms with van der Waals surface area (Å²) in [6, 6.07) is 14.7. The van der Waals surface area contributed by atoms with Gasteiger partial charge in [-0.3, -0.25) is 10.1 Å². The third-order valence-electron chi connectivity index (χ3n) is 3.68. The molecule has 27 heavy (non-hydrogen) atoms. The molecule has 1 N–H and O–H groups in total. The molecule has 0 radical (unpaired) electrons. The molecule has 0 aliphatic heterocycles. The first-order valence-electron chi connectivity index (χ1n) is 8.24. The van der Waals surface area contributed by atoms with Crippen LogP contribution in [0.2, 0.25) is 0 Å². The summed E-state index contributed by atoms with van der Waals surface area (Å²) in [6.07, 6.45) is 1.50. The van der Waals surface area contributed by atoms with E-state index in [9.17, 15) is 10.1 Å². The van der Waals surface area contributed by atoms with E-state index in [-0.39, 0.29) is 5.57 Å². The fraction of sp³-hybridized carbons (Fsp3) is 0.150. The summed E-state index contributed by atoms with van der Waals surface area (Å²) < 4.78 is 11.7. The molecule has 0 unspecified atom stereocenters. The molecule has 1 aromatic heterocycles. The number of carbonyl (C=O) groups is 1. The second-order valence-electron chi connectivity index (χ2n) is 5.45. The van der Waals surface area contributed by atoms with E-state index in [0.29, 0.717) is 28.8 Å². The van der Waals surface area contributed by atoms with E-state index < -0.39 is 5.91 Å². The van der Waals surface area contributed by atoms with Gasteiger partial charge in [0.15, 0.2) is 16.6 Å². The van der Waals surface area contributed by atoms with E-state index in [2.05, 4.69) is 10.3 Å². The normalized spacial score (nSPS) is 11.1. The van der Waals surface area contributed by atoms with Crippen LogP contribution in [-0.4, -0.2) is 24.6 Å². The Labute approximate surface area is 160 Å². The van der Waals surface area contributed by atoms with Crippen molar-refractivity contribution in [2.75, 3.05) is 19.0 Å². The third kappa shape index (κ3) is 4.25. The SMILES string of the molecule is CCOc1ccc(/C=C(\C#N)C(=O)Nc2nc3ccccc3s2)cc1OC. The summed E-state index contributed by atoms with van der Waals surface area (Å²) in [6.45, 7) is 2.40. The molecule has 0 saturated carbocycles. The fourth-order valence-electron chi connectivity index (χ4n) is 2.45. The maximum absolute atomic E-state index is 12.5. The Bertz CT molecular complexity index is 1020. The number of carbonyl (C=O) groups excluding carboxylic acids is 1. The van der Waals surface area contributed by atoms with E-state index >= 15 is 0 Å². The topological polar surface area (TPSA) is 84.2 Å². The highest BCUT2D eigenvalue weighted by atomic mass is 32.1. The predicted molar refractivity (Wildman–Crippen MR) is 106 cm³/mol. The van der Waals surface area contributed by atoms with Gasteiger partial charge in [0.05, 0.1) is 23.9 Å². The number of thiazole rings is 1. The molecule has 0 saturated heterocycles. The molecule has 2 aromatic carbocycles. The first-order valence-corrected chi connectivity index (χ1v) is 9.05. The Hall–Kier alpha value is -3.37. The lowest BCUT2D eigenvalue weighted by Gasteiger charge is -2.09. The maximum Gasteiger partial charge on any atom is 0.268 e. The van der Waals surface area contributed by atoms with Crippen molar-refractivity contribution in [1.82, 2.24) is 4.98 Å². The lowest BCUT2D eigenvalue weighted by Crippen LogP contribution is -2.13. The van der Waals surface area contributed by atoms with E-state index in [4.69, 9.17) is 9.47 Å². The number of fused-ring (bicyclic) bond motifs is 1. The van der Waals surface area contributed by atoms with Crippen molar-refractivity contribution in [3.05, 3.63) is 53.6 Å². The van der Waals surface area contributed by atoms with Gasteiger partial charge in [0, 0.05) is 0 Å². The maximum atomic E-state index is 12.5. The highest BCUT2D eigenvalue weighted by molar-refractivity contribution is 7.22. The van der Waals surface area contributed by atoms with Crippen LogP contribution in [0.1, 0.15) is 12.5 Å². The molecule has 7 heteroatoms. The second-order valence-corrected chi connectivity index (χ2v) is 6.48. The zero-order chi connectivity index (χ0) is 19.2. The molecule has 3 rings (SSSR count). The highest BCUT2D eigenvalue weighted by Gasteiger charge is 2.13. The highest BCUT2D eigenvalue weighted by Crippen LogP contribution is 2.29. The lowest BCUT2D eigenvalue weighted by molar-refractivity contribution is -0.112. The molecule has 0 aliphatic carbocycles. The molecule has 0 fully saturated rings. The number of aromatic nitrogens is 1. The van der Waals surface area contributed by atoms with Crippen molar-refractivity contribution in [1.29, 1.82) is 5.26 Å². The first-order chi connectivity index (χ1) is 13.1. The summed E-state index contributed by atoms with van der Waals surface area (Å²) in [5.41, 5.74) is 1.43. The standard InChI is InChI=1S/C20H17N3O3S/c1-3-26-16-9-8-13(11-17(16)25-2)10-14(12-21)19(24)23-20-22-15-6-4-5-7-18(15)27-20/h4-11H,3H2,1-2H3,(H,22,23,24)/b14-10+. The van der Waals surface area contributed by atoms with Crippen LogP contribution in [0, 0.1) is 11.3 Å². The number of para-hydroxylation sites is 1. The number of amides is 1. The van der Waals surface area contributed by atoms with E-state index in [0.717, 1.165) is 10.2 Å². The molecule has 136 valence electrons. The average molecular weight is 379 g/mol. The van der Waals surface area contributed by atoms with Crippen molar-refractivity contribution in [2.24, 2.45) is 0 Å². The van der Waals surface area contributed by atoms with Gasteiger partial charge < -0.3 is 9.47 Å². The van der Waals surface area contributed by atoms with Crippen LogP contribution >= 0.6 is 11.3 Å². The van der Waals surface area contributed by atoms with Crippen molar-refractivity contribution in [3.8, 4) is 17.6 Å². The van der Waals surface area contributed by atoms with Crippen molar-refractivity contribution in [3.63, 3.8) is 0 Å². The Morgan fingerprint density at radius 1 is 1.30 bits per heavy atom. The number of nitrogens with zero attached hydrogens (tertiary/aromatic N) is 2. The molecular weight excluding hydrogens is 362 g/mol. The van der Waals surface area contributed by atoms with Gasteiger partial charge in [-0.1, -0.05) is 29.5 Å². The van der Waals surface area contributed by atoms with Crippen molar-refractivity contribution >= 4 is 38.7 Å². The van der Waals surface area contributed by atoms with Gasteiger partial charge in [-0.05, 0) is 42.8 Å². The molecule has 0 atom stereocenters. The average Bonchev–Trinajstić information content (AvgIpc) is 3.09. The number of ether oxygens (including phenoxy) is 2. The van der Waals surface area contributed by atoms with Crippen LogP contribution in [0.3, 0.4) is 0 Å². The molecule has 6 nitrogen and oxygen atoms in total. The Morgan fingerprint density at radius 3 is 2.81 bits per heavy atom. The summed E-state index contributed by atoms with van der Waals surface area (Å²) in [5.74, 6) is 0.633. The Balaban J connectivity index is 1.83. The molecule has 0 bridgehead atoms. The summed E-state index contributed by atoms with van der Waals surface area (Å²) in [5, 5.41) is 12.5. The zero-order valence-electron chi connectivity index (χ0n) is 14.9. The van der Waals surface area contributed by atoms with Gasteiger partial charge in [0.1, 0.15) is 11.6 Å². The smallest absolute Gasteiger partial charge is 0.268 e. The van der Waals surface area contributed by atoms with Crippen LogP contribution in [0.15, 0.2) is 48.0 Å². The van der Waals surface area contributed by atoms with Crippen molar-refractivity contribution in [2.45, 2.75) is 6.92 Å². The predicted octanol–water partition coefficient (Wildman–Crippen LogP) is 4.25. The number of nitriles is 1. The zero-order valence-corrected chi connectivity index (χ0v) is 15.7. The van der Waals surface area contributed by atoms with Crippen molar-refractivity contribution < 1.29 is 14.3 Å². The van der Waals surface area contributed by atoms with Gasteiger partial charge in [0.25, 0.3) is 5.91 Å². The minimum absolute atomic E-state index is 0.0273. The minimum atomic E-state index is -0.510. The summed E-state index contributed by atoms with van der Waals surface area (Å²) in [4.78, 5) is 16.8. The van der Waals surface area contributed by atoms with Gasteiger partial charge >= 0.3 is 0 Å². The molecule has 1 heterocycles. The van der Waals surface area contributed by atoms with Crippen LogP contribution in [0.4, 0.5) is 5.13 Å². The number of hydrogen-bond donors (Lipinski definition) is 1. The Morgan fingerprint density at radius 2 is 2.11 bits per heavy atom. The molecular formula is C20H17N3O3S. The number of anilines is 1. The van der Waals surface area contributed by atoms with Gasteiger partial charge in [-0.25, -0.2) is 4.98 Å². The van der Waals surface area contributed by atoms with Gasteiger partial charge in [-0.15, -0.1) is 0 Å².